The Labute approximate surface area is 106 Å². The van der Waals surface area contributed by atoms with E-state index in [0.29, 0.717) is 18.0 Å². The molecular formula is C10H20BrNO3S. The highest BCUT2D eigenvalue weighted by molar-refractivity contribution is 9.09. The van der Waals surface area contributed by atoms with Gasteiger partial charge in [0, 0.05) is 18.0 Å². The monoisotopic (exact) mass is 313 g/mol. The first-order valence-corrected chi connectivity index (χ1v) is 8.29. The van der Waals surface area contributed by atoms with E-state index in [-0.39, 0.29) is 11.9 Å². The number of hydrogen-bond acceptors (Lipinski definition) is 3. The molecule has 1 saturated heterocycles. The van der Waals surface area contributed by atoms with Crippen LogP contribution in [-0.2, 0) is 14.8 Å². The maximum atomic E-state index is 11.6. The van der Waals surface area contributed by atoms with Gasteiger partial charge in [0.25, 0.3) is 0 Å². The fraction of sp³-hybridized carbons (Fsp3) is 1.00. The van der Waals surface area contributed by atoms with Gasteiger partial charge in [0.15, 0.2) is 0 Å². The quantitative estimate of drug-likeness (QED) is 0.574. The molecule has 6 heteroatoms. The predicted molar refractivity (Wildman–Crippen MR) is 68.4 cm³/mol. The zero-order valence-corrected chi connectivity index (χ0v) is 12.0. The van der Waals surface area contributed by atoms with Gasteiger partial charge in [-0.1, -0.05) is 22.9 Å². The number of sulfonamides is 1. The molecular weight excluding hydrogens is 294 g/mol. The summed E-state index contributed by atoms with van der Waals surface area (Å²) < 4.78 is 31.2. The average molecular weight is 314 g/mol. The molecule has 0 bridgehead atoms. The Balaban J connectivity index is 2.18. The molecule has 0 aromatic carbocycles. The van der Waals surface area contributed by atoms with E-state index < -0.39 is 10.0 Å². The van der Waals surface area contributed by atoms with Gasteiger partial charge in [0.1, 0.15) is 0 Å². The molecule has 0 saturated carbocycles. The van der Waals surface area contributed by atoms with Gasteiger partial charge in [-0.2, -0.15) is 0 Å². The molecule has 0 aromatic heterocycles. The first kappa shape index (κ1) is 14.4. The summed E-state index contributed by atoms with van der Waals surface area (Å²) in [6.07, 6.45) is 3.56. The van der Waals surface area contributed by atoms with Crippen LogP contribution in [0.25, 0.3) is 0 Å². The topological polar surface area (TPSA) is 55.4 Å². The maximum absolute atomic E-state index is 11.6. The van der Waals surface area contributed by atoms with E-state index >= 15 is 0 Å². The number of rotatable bonds is 7. The fourth-order valence-corrected chi connectivity index (χ4v) is 3.34. The third kappa shape index (κ3) is 6.18. The van der Waals surface area contributed by atoms with E-state index in [1.807, 2.05) is 0 Å². The summed E-state index contributed by atoms with van der Waals surface area (Å²) in [5.74, 6) is 0.108. The number of alkyl halides is 1. The Hall–Kier alpha value is 0.350. The van der Waals surface area contributed by atoms with Gasteiger partial charge in [0.2, 0.25) is 10.0 Å². The summed E-state index contributed by atoms with van der Waals surface area (Å²) in [6, 6.07) is 0. The smallest absolute Gasteiger partial charge is 0.214 e. The van der Waals surface area contributed by atoms with Crippen molar-refractivity contribution in [1.29, 1.82) is 0 Å². The lowest BCUT2D eigenvalue weighted by molar-refractivity contribution is 0.127. The molecule has 0 amide bonds. The summed E-state index contributed by atoms with van der Waals surface area (Å²) in [7, 11) is -3.15. The number of halogens is 1. The molecule has 1 rings (SSSR count). The zero-order valence-electron chi connectivity index (χ0n) is 9.62. The molecule has 0 aliphatic carbocycles. The van der Waals surface area contributed by atoms with Crippen molar-refractivity contribution in [3.8, 4) is 0 Å². The Morgan fingerprint density at radius 2 is 2.31 bits per heavy atom. The normalized spacial score (nSPS) is 23.5. The molecule has 1 N–H and O–H groups in total. The second kappa shape index (κ2) is 6.93. The molecule has 2 unspecified atom stereocenters. The Morgan fingerprint density at radius 3 is 2.88 bits per heavy atom. The molecule has 1 fully saturated rings. The highest BCUT2D eigenvalue weighted by Crippen LogP contribution is 2.13. The van der Waals surface area contributed by atoms with Gasteiger partial charge in [-0.15, -0.1) is 0 Å². The lowest BCUT2D eigenvalue weighted by atomic mass is 10.2. The third-order valence-corrected chi connectivity index (χ3v) is 4.44. The van der Waals surface area contributed by atoms with Gasteiger partial charge >= 0.3 is 0 Å². The predicted octanol–water partition coefficient (Wildman–Crippen LogP) is 1.65. The van der Waals surface area contributed by atoms with Crippen LogP contribution < -0.4 is 4.72 Å². The summed E-state index contributed by atoms with van der Waals surface area (Å²) in [6.45, 7) is 3.27. The summed E-state index contributed by atoms with van der Waals surface area (Å²) in [5, 5.41) is 0. The van der Waals surface area contributed by atoms with Crippen LogP contribution in [0.4, 0.5) is 0 Å². The minimum absolute atomic E-state index is 0.104. The largest absolute Gasteiger partial charge is 0.377 e. The van der Waals surface area contributed by atoms with Crippen LogP contribution in [-0.4, -0.2) is 38.3 Å². The molecule has 0 radical (unpaired) electrons. The van der Waals surface area contributed by atoms with Crippen molar-refractivity contribution < 1.29 is 13.2 Å². The van der Waals surface area contributed by atoms with Crippen LogP contribution in [0.5, 0.6) is 0 Å². The van der Waals surface area contributed by atoms with Crippen molar-refractivity contribution in [2.75, 3.05) is 18.9 Å². The van der Waals surface area contributed by atoms with Crippen LogP contribution >= 0.6 is 15.9 Å². The molecule has 96 valence electrons. The second-order valence-corrected chi connectivity index (χ2v) is 7.65. The SMILES string of the molecule is CC(Br)CCCNS(=O)(=O)CC1CCCO1. The van der Waals surface area contributed by atoms with Crippen molar-refractivity contribution in [1.82, 2.24) is 4.72 Å². The molecule has 2 atom stereocenters. The average Bonchev–Trinajstić information content (AvgIpc) is 2.64. The first-order chi connectivity index (χ1) is 7.49. The molecule has 1 aliphatic rings. The summed E-state index contributed by atoms with van der Waals surface area (Å²) in [4.78, 5) is 0.440. The van der Waals surface area contributed by atoms with E-state index in [1.54, 1.807) is 0 Å². The van der Waals surface area contributed by atoms with Gasteiger partial charge in [-0.25, -0.2) is 13.1 Å². The first-order valence-electron chi connectivity index (χ1n) is 5.72. The van der Waals surface area contributed by atoms with Crippen LogP contribution in [0.15, 0.2) is 0 Å². The van der Waals surface area contributed by atoms with Crippen LogP contribution in [0.1, 0.15) is 32.6 Å². The van der Waals surface area contributed by atoms with Crippen molar-refractivity contribution in [2.45, 2.75) is 43.5 Å². The zero-order chi connectivity index (χ0) is 12.0. The molecule has 0 spiro atoms. The molecule has 0 aromatic rings. The van der Waals surface area contributed by atoms with Gasteiger partial charge in [0.05, 0.1) is 11.9 Å². The lowest BCUT2D eigenvalue weighted by Crippen LogP contribution is -2.32. The summed E-state index contributed by atoms with van der Waals surface area (Å²) in [5.41, 5.74) is 0. The number of ether oxygens (including phenoxy) is 1. The van der Waals surface area contributed by atoms with Gasteiger partial charge in [-0.3, -0.25) is 0 Å². The van der Waals surface area contributed by atoms with Crippen molar-refractivity contribution in [3.63, 3.8) is 0 Å². The lowest BCUT2D eigenvalue weighted by Gasteiger charge is -2.11. The summed E-state index contributed by atoms with van der Waals surface area (Å²) >= 11 is 3.43. The van der Waals surface area contributed by atoms with E-state index in [9.17, 15) is 8.42 Å². The van der Waals surface area contributed by atoms with Crippen molar-refractivity contribution in [3.05, 3.63) is 0 Å². The van der Waals surface area contributed by atoms with Gasteiger partial charge in [-0.05, 0) is 25.7 Å². The number of nitrogens with one attached hydrogen (secondary N) is 1. The number of hydrogen-bond donors (Lipinski definition) is 1. The van der Waals surface area contributed by atoms with Crippen molar-refractivity contribution >= 4 is 26.0 Å². The van der Waals surface area contributed by atoms with E-state index in [0.717, 1.165) is 25.7 Å². The Morgan fingerprint density at radius 1 is 1.56 bits per heavy atom. The van der Waals surface area contributed by atoms with Crippen LogP contribution in [0, 0.1) is 0 Å². The van der Waals surface area contributed by atoms with Crippen LogP contribution in [0.2, 0.25) is 0 Å². The molecule has 16 heavy (non-hydrogen) atoms. The van der Waals surface area contributed by atoms with E-state index in [1.165, 1.54) is 0 Å². The highest BCUT2D eigenvalue weighted by atomic mass is 79.9. The molecule has 4 nitrogen and oxygen atoms in total. The van der Waals surface area contributed by atoms with E-state index in [4.69, 9.17) is 4.74 Å². The third-order valence-electron chi connectivity index (χ3n) is 2.53. The van der Waals surface area contributed by atoms with Crippen LogP contribution in [0.3, 0.4) is 0 Å². The standard InChI is InChI=1S/C10H20BrNO3S/c1-9(11)4-2-6-12-16(13,14)8-10-5-3-7-15-10/h9-10,12H,2-8H2,1H3. The maximum Gasteiger partial charge on any atom is 0.214 e. The fourth-order valence-electron chi connectivity index (χ4n) is 1.69. The van der Waals surface area contributed by atoms with Crippen molar-refractivity contribution in [2.24, 2.45) is 0 Å². The minimum atomic E-state index is -3.15. The Kier molecular flexibility index (Phi) is 6.25. The van der Waals surface area contributed by atoms with Gasteiger partial charge < -0.3 is 4.74 Å². The van der Waals surface area contributed by atoms with E-state index in [2.05, 4.69) is 27.6 Å². The molecule has 1 aliphatic heterocycles. The second-order valence-electron chi connectivity index (χ2n) is 4.23. The Bertz CT molecular complexity index is 286. The molecule has 1 heterocycles. The highest BCUT2D eigenvalue weighted by Gasteiger charge is 2.22. The minimum Gasteiger partial charge on any atom is -0.377 e.